The van der Waals surface area contributed by atoms with Gasteiger partial charge in [-0.3, -0.25) is 0 Å². The Morgan fingerprint density at radius 3 is 2.60 bits per heavy atom. The molecule has 6 nitrogen and oxygen atoms in total. The molecule has 0 amide bonds. The van der Waals surface area contributed by atoms with Gasteiger partial charge < -0.3 is 18.3 Å². The first-order valence-electron chi connectivity index (χ1n) is 9.41. The maximum absolute atomic E-state index is 12.7. The highest BCUT2D eigenvalue weighted by Gasteiger charge is 2.15. The Kier molecular flexibility index (Phi) is 5.14. The second-order valence-electron chi connectivity index (χ2n) is 7.06. The summed E-state index contributed by atoms with van der Waals surface area (Å²) in [4.78, 5) is 24.9. The van der Waals surface area contributed by atoms with Gasteiger partial charge in [0.05, 0.1) is 12.7 Å². The third-order valence-corrected chi connectivity index (χ3v) is 4.69. The zero-order valence-corrected chi connectivity index (χ0v) is 16.9. The molecule has 2 aromatic carbocycles. The molecule has 4 aromatic rings. The highest BCUT2D eigenvalue weighted by atomic mass is 16.5. The van der Waals surface area contributed by atoms with Crippen molar-refractivity contribution in [2.24, 2.45) is 0 Å². The number of rotatable bonds is 5. The van der Waals surface area contributed by atoms with Gasteiger partial charge in [0.25, 0.3) is 0 Å². The molecule has 0 saturated carbocycles. The van der Waals surface area contributed by atoms with Crippen LogP contribution in [0.3, 0.4) is 0 Å². The van der Waals surface area contributed by atoms with Crippen molar-refractivity contribution in [3.63, 3.8) is 0 Å². The predicted octanol–water partition coefficient (Wildman–Crippen LogP) is 4.92. The molecule has 2 aromatic heterocycles. The minimum absolute atomic E-state index is 0.270. The zero-order chi connectivity index (χ0) is 21.3. The number of hydrogen-bond donors (Lipinski definition) is 0. The summed E-state index contributed by atoms with van der Waals surface area (Å²) >= 11 is 0. The maximum Gasteiger partial charge on any atom is 0.344 e. The summed E-state index contributed by atoms with van der Waals surface area (Å²) in [5, 5.41) is 1.30. The van der Waals surface area contributed by atoms with Crippen LogP contribution < -0.4 is 20.7 Å². The summed E-state index contributed by atoms with van der Waals surface area (Å²) in [5.41, 5.74) is 1.41. The molecule has 0 aliphatic rings. The Bertz CT molecular complexity index is 1390. The van der Waals surface area contributed by atoms with Crippen LogP contribution in [0, 0.1) is 0 Å². The molecule has 0 saturated heterocycles. The van der Waals surface area contributed by atoms with E-state index in [9.17, 15) is 9.59 Å². The summed E-state index contributed by atoms with van der Waals surface area (Å²) in [6.07, 6.45) is 1.95. The summed E-state index contributed by atoms with van der Waals surface area (Å²) in [5.74, 6) is 1.03. The first kappa shape index (κ1) is 19.5. The Morgan fingerprint density at radius 1 is 1.00 bits per heavy atom. The van der Waals surface area contributed by atoms with Crippen LogP contribution in [0.2, 0.25) is 0 Å². The summed E-state index contributed by atoms with van der Waals surface area (Å²) in [6.45, 7) is 4.38. The number of fused-ring (bicyclic) bond motifs is 2. The van der Waals surface area contributed by atoms with Gasteiger partial charge in [-0.05, 0) is 44.2 Å². The van der Waals surface area contributed by atoms with Crippen LogP contribution in [0.15, 0.2) is 78.6 Å². The molecule has 30 heavy (non-hydrogen) atoms. The van der Waals surface area contributed by atoms with Gasteiger partial charge in [-0.25, -0.2) is 9.59 Å². The molecule has 0 bridgehead atoms. The van der Waals surface area contributed by atoms with Crippen molar-refractivity contribution < 1.29 is 18.3 Å². The van der Waals surface area contributed by atoms with E-state index in [1.54, 1.807) is 36.4 Å². The van der Waals surface area contributed by atoms with Crippen LogP contribution in [0.25, 0.3) is 33.1 Å². The molecule has 0 spiro atoms. The van der Waals surface area contributed by atoms with Crippen molar-refractivity contribution >= 4 is 21.9 Å². The van der Waals surface area contributed by atoms with E-state index in [-0.39, 0.29) is 5.56 Å². The standard InChI is InChI=1S/C24H20O6/c1-14(2)9-10-28-16-7-8-17-18(13-22(25)29-21(17)12-16)19-11-15-5-4-6-20(27-3)23(15)30-24(19)26/h4-9,11-13H,10H2,1-3H3. The smallest absolute Gasteiger partial charge is 0.344 e. The Morgan fingerprint density at radius 2 is 1.83 bits per heavy atom. The van der Waals surface area contributed by atoms with Crippen molar-refractivity contribution in [3.05, 3.63) is 81.0 Å². The Hall–Kier alpha value is -3.80. The molecule has 4 rings (SSSR count). The molecule has 0 aliphatic carbocycles. The van der Waals surface area contributed by atoms with E-state index in [1.165, 1.54) is 13.2 Å². The van der Waals surface area contributed by atoms with Gasteiger partial charge in [-0.15, -0.1) is 0 Å². The lowest BCUT2D eigenvalue weighted by Gasteiger charge is -2.09. The highest BCUT2D eigenvalue weighted by molar-refractivity contribution is 5.96. The molecular formula is C24H20O6. The van der Waals surface area contributed by atoms with Crippen molar-refractivity contribution in [2.75, 3.05) is 13.7 Å². The molecule has 0 unspecified atom stereocenters. The summed E-state index contributed by atoms with van der Waals surface area (Å²) in [7, 11) is 1.51. The average molecular weight is 404 g/mol. The van der Waals surface area contributed by atoms with Gasteiger partial charge in [-0.1, -0.05) is 17.7 Å². The molecule has 0 atom stereocenters. The third-order valence-electron chi connectivity index (χ3n) is 4.69. The fourth-order valence-electron chi connectivity index (χ4n) is 3.23. The quantitative estimate of drug-likeness (QED) is 0.347. The fraction of sp³-hybridized carbons (Fsp3) is 0.167. The number of hydrogen-bond acceptors (Lipinski definition) is 6. The van der Waals surface area contributed by atoms with Crippen LogP contribution in [0.5, 0.6) is 11.5 Å². The van der Waals surface area contributed by atoms with E-state index in [0.29, 0.717) is 45.6 Å². The van der Waals surface area contributed by atoms with E-state index in [4.69, 9.17) is 18.3 Å². The minimum atomic E-state index is -0.567. The number of benzene rings is 2. The van der Waals surface area contributed by atoms with Crippen molar-refractivity contribution in [1.29, 1.82) is 0 Å². The third kappa shape index (κ3) is 3.72. The van der Waals surface area contributed by atoms with E-state index >= 15 is 0 Å². The molecule has 0 aliphatic heterocycles. The summed E-state index contributed by atoms with van der Waals surface area (Å²) in [6, 6.07) is 13.5. The number of ether oxygens (including phenoxy) is 2. The van der Waals surface area contributed by atoms with E-state index in [1.807, 2.05) is 26.0 Å². The molecule has 0 fully saturated rings. The molecular weight excluding hydrogens is 384 g/mol. The SMILES string of the molecule is COc1cccc2cc(-c3cc(=O)oc4cc(OCC=C(C)C)ccc34)c(=O)oc12. The maximum atomic E-state index is 12.7. The second-order valence-corrected chi connectivity index (χ2v) is 7.06. The molecule has 2 heterocycles. The first-order valence-corrected chi connectivity index (χ1v) is 9.41. The zero-order valence-electron chi connectivity index (χ0n) is 16.9. The van der Waals surface area contributed by atoms with E-state index in [0.717, 1.165) is 5.57 Å². The van der Waals surface area contributed by atoms with E-state index in [2.05, 4.69) is 0 Å². The van der Waals surface area contributed by atoms with Crippen LogP contribution in [-0.2, 0) is 0 Å². The average Bonchev–Trinajstić information content (AvgIpc) is 2.71. The van der Waals surface area contributed by atoms with Crippen molar-refractivity contribution in [2.45, 2.75) is 13.8 Å². The van der Waals surface area contributed by atoms with E-state index < -0.39 is 11.3 Å². The van der Waals surface area contributed by atoms with Crippen molar-refractivity contribution in [3.8, 4) is 22.6 Å². The van der Waals surface area contributed by atoms with Crippen LogP contribution in [0.4, 0.5) is 0 Å². The van der Waals surface area contributed by atoms with Crippen molar-refractivity contribution in [1.82, 2.24) is 0 Å². The van der Waals surface area contributed by atoms with Gasteiger partial charge in [0.1, 0.15) is 17.9 Å². The van der Waals surface area contributed by atoms with Gasteiger partial charge in [0, 0.05) is 28.5 Å². The number of para-hydroxylation sites is 1. The van der Waals surface area contributed by atoms with Gasteiger partial charge >= 0.3 is 11.3 Å². The minimum Gasteiger partial charge on any atom is -0.493 e. The largest absolute Gasteiger partial charge is 0.493 e. The monoisotopic (exact) mass is 404 g/mol. The number of allylic oxidation sites excluding steroid dienone is 1. The van der Waals surface area contributed by atoms with Crippen LogP contribution in [0.1, 0.15) is 13.8 Å². The molecule has 0 N–H and O–H groups in total. The normalized spacial score (nSPS) is 10.9. The number of methoxy groups -OCH3 is 1. The topological polar surface area (TPSA) is 78.9 Å². The first-order chi connectivity index (χ1) is 14.5. The van der Waals surface area contributed by atoms with Crippen LogP contribution in [-0.4, -0.2) is 13.7 Å². The molecule has 6 heteroatoms. The lowest BCUT2D eigenvalue weighted by Crippen LogP contribution is -2.07. The second kappa shape index (κ2) is 7.91. The van der Waals surface area contributed by atoms with Gasteiger partial charge in [-0.2, -0.15) is 0 Å². The molecule has 152 valence electrons. The lowest BCUT2D eigenvalue weighted by atomic mass is 10.0. The fourth-order valence-corrected chi connectivity index (χ4v) is 3.23. The lowest BCUT2D eigenvalue weighted by molar-refractivity contribution is 0.361. The van der Waals surface area contributed by atoms with Gasteiger partial charge in [0.15, 0.2) is 11.3 Å². The Labute approximate surface area is 172 Å². The summed E-state index contributed by atoms with van der Waals surface area (Å²) < 4.78 is 21.8. The molecule has 0 radical (unpaired) electrons. The Balaban J connectivity index is 1.86. The van der Waals surface area contributed by atoms with Crippen LogP contribution >= 0.6 is 0 Å². The predicted molar refractivity (Wildman–Crippen MR) is 115 cm³/mol. The highest BCUT2D eigenvalue weighted by Crippen LogP contribution is 2.31. The van der Waals surface area contributed by atoms with Gasteiger partial charge in [0.2, 0.25) is 0 Å².